The van der Waals surface area contributed by atoms with Crippen LogP contribution < -0.4 is 4.57 Å². The molecule has 30 heavy (non-hydrogen) atoms. The Bertz CT molecular complexity index is 741. The van der Waals surface area contributed by atoms with Crippen LogP contribution in [0.25, 0.3) is 0 Å². The molecule has 0 saturated carbocycles. The lowest BCUT2D eigenvalue weighted by molar-refractivity contribution is -0.697. The van der Waals surface area contributed by atoms with Crippen LogP contribution in [-0.2, 0) is 19.4 Å². The van der Waals surface area contributed by atoms with Crippen molar-refractivity contribution < 1.29 is 4.57 Å². The van der Waals surface area contributed by atoms with Crippen molar-refractivity contribution in [1.82, 2.24) is 4.90 Å². The second kappa shape index (κ2) is 12.2. The molecular weight excluding hydrogens is 404 g/mol. The molecule has 0 spiro atoms. The van der Waals surface area contributed by atoms with Gasteiger partial charge in [0.15, 0.2) is 12.4 Å². The summed E-state index contributed by atoms with van der Waals surface area (Å²) in [6.45, 7) is 3.62. The number of aromatic nitrogens is 1. The van der Waals surface area contributed by atoms with Gasteiger partial charge in [-0.25, -0.2) is 4.57 Å². The third-order valence-electron chi connectivity index (χ3n) is 6.75. The number of hydrogen-bond acceptors (Lipinski definition) is 3. The summed E-state index contributed by atoms with van der Waals surface area (Å²) in [5.74, 6) is 2.59. The zero-order chi connectivity index (χ0) is 20.4. The molecule has 2 nitrogen and oxygen atoms in total. The zero-order valence-electron chi connectivity index (χ0n) is 18.6. The van der Waals surface area contributed by atoms with Crippen molar-refractivity contribution in [3.63, 3.8) is 0 Å². The molecule has 4 rings (SSSR count). The largest absolute Gasteiger partial charge is 0.373 e. The van der Waals surface area contributed by atoms with Gasteiger partial charge in [-0.05, 0) is 99.6 Å². The van der Waals surface area contributed by atoms with E-state index in [9.17, 15) is 0 Å². The lowest BCUT2D eigenvalue weighted by atomic mass is 9.90. The molecule has 0 atom stereocenters. The molecule has 1 aromatic rings. The summed E-state index contributed by atoms with van der Waals surface area (Å²) >= 11 is 0. The first kappa shape index (κ1) is 22.3. The summed E-state index contributed by atoms with van der Waals surface area (Å²) < 4.78 is 2.42. The van der Waals surface area contributed by atoms with E-state index in [0.717, 1.165) is 0 Å². The number of rotatable bonds is 11. The minimum absolute atomic E-state index is 1.18. The highest BCUT2D eigenvalue weighted by Crippen LogP contribution is 2.29. The maximum Gasteiger partial charge on any atom is 0.172 e. The first-order chi connectivity index (χ1) is 14.9. The van der Waals surface area contributed by atoms with Crippen LogP contribution in [-0.4, -0.2) is 29.5 Å². The smallest absolute Gasteiger partial charge is 0.172 e. The van der Waals surface area contributed by atoms with Crippen LogP contribution in [0.2, 0.25) is 0 Å². The van der Waals surface area contributed by atoms with Gasteiger partial charge in [-0.15, -0.1) is 0 Å². The van der Waals surface area contributed by atoms with Crippen molar-refractivity contribution in [3.8, 4) is 0 Å². The van der Waals surface area contributed by atoms with Crippen LogP contribution in [0.1, 0.15) is 75.3 Å². The SMILES string of the molecule is C1=CN(CCCCSSCCCC[n+]2ccc3c(c2)CCCC3)CC2=C1CCCC2. The Balaban J connectivity index is 0.988. The Hall–Kier alpha value is -0.870. The van der Waals surface area contributed by atoms with E-state index in [1.54, 1.807) is 22.3 Å². The molecule has 1 aliphatic heterocycles. The van der Waals surface area contributed by atoms with Gasteiger partial charge in [-0.1, -0.05) is 21.6 Å². The average Bonchev–Trinajstić information content (AvgIpc) is 2.80. The summed E-state index contributed by atoms with van der Waals surface area (Å²) in [6, 6.07) is 2.36. The fraction of sp³-hybridized carbons (Fsp3) is 0.654. The van der Waals surface area contributed by atoms with Crippen LogP contribution in [0, 0.1) is 0 Å². The maximum absolute atomic E-state index is 2.54. The lowest BCUT2D eigenvalue weighted by Gasteiger charge is -2.30. The first-order valence-electron chi connectivity index (χ1n) is 12.3. The van der Waals surface area contributed by atoms with E-state index < -0.39 is 0 Å². The minimum atomic E-state index is 1.18. The van der Waals surface area contributed by atoms with E-state index in [0.29, 0.717) is 0 Å². The van der Waals surface area contributed by atoms with Crippen molar-refractivity contribution in [2.24, 2.45) is 0 Å². The first-order valence-corrected chi connectivity index (χ1v) is 14.8. The Labute approximate surface area is 192 Å². The van der Waals surface area contributed by atoms with Gasteiger partial charge in [0, 0.05) is 42.6 Å². The molecular formula is C26H39N2S2+. The van der Waals surface area contributed by atoms with Gasteiger partial charge in [0.2, 0.25) is 0 Å². The second-order valence-electron chi connectivity index (χ2n) is 9.12. The van der Waals surface area contributed by atoms with E-state index in [1.165, 1.54) is 108 Å². The molecule has 0 N–H and O–H groups in total. The van der Waals surface area contributed by atoms with Gasteiger partial charge >= 0.3 is 0 Å². The Morgan fingerprint density at radius 3 is 2.50 bits per heavy atom. The van der Waals surface area contributed by atoms with E-state index in [1.807, 2.05) is 0 Å². The minimum Gasteiger partial charge on any atom is -0.373 e. The fourth-order valence-corrected chi connectivity index (χ4v) is 7.22. The normalized spacial score (nSPS) is 18.5. The van der Waals surface area contributed by atoms with Crippen molar-refractivity contribution in [3.05, 3.63) is 53.0 Å². The number of allylic oxidation sites excluding steroid dienone is 2. The third kappa shape index (κ3) is 6.82. The summed E-state index contributed by atoms with van der Waals surface area (Å²) in [4.78, 5) is 2.54. The number of unbranched alkanes of at least 4 members (excludes halogenated alkanes) is 2. The van der Waals surface area contributed by atoms with Gasteiger partial charge in [0.1, 0.15) is 6.54 Å². The lowest BCUT2D eigenvalue weighted by Crippen LogP contribution is -2.34. The van der Waals surface area contributed by atoms with Gasteiger partial charge in [0.05, 0.1) is 0 Å². The van der Waals surface area contributed by atoms with Crippen LogP contribution in [0.15, 0.2) is 41.9 Å². The number of hydrogen-bond donors (Lipinski definition) is 0. The monoisotopic (exact) mass is 443 g/mol. The highest BCUT2D eigenvalue weighted by Gasteiger charge is 2.16. The van der Waals surface area contributed by atoms with Crippen molar-refractivity contribution in [1.29, 1.82) is 0 Å². The molecule has 0 amide bonds. The molecule has 0 fully saturated rings. The van der Waals surface area contributed by atoms with E-state index in [4.69, 9.17) is 0 Å². The molecule has 1 aromatic heterocycles. The molecule has 0 unspecified atom stereocenters. The molecule has 0 saturated heterocycles. The second-order valence-corrected chi connectivity index (χ2v) is 11.8. The third-order valence-corrected chi connectivity index (χ3v) is 9.33. The van der Waals surface area contributed by atoms with Crippen molar-refractivity contribution >= 4 is 21.6 Å². The van der Waals surface area contributed by atoms with Gasteiger partial charge in [0.25, 0.3) is 0 Å². The van der Waals surface area contributed by atoms with E-state index in [2.05, 4.69) is 61.8 Å². The van der Waals surface area contributed by atoms with Crippen molar-refractivity contribution in [2.75, 3.05) is 24.6 Å². The quantitative estimate of drug-likeness (QED) is 0.219. The summed E-state index contributed by atoms with van der Waals surface area (Å²) in [6.07, 6.45) is 25.6. The van der Waals surface area contributed by atoms with Gasteiger partial charge in [-0.2, -0.15) is 0 Å². The summed E-state index contributed by atoms with van der Waals surface area (Å²) in [5, 5.41) is 0. The Kier molecular flexibility index (Phi) is 9.11. The van der Waals surface area contributed by atoms with Crippen LogP contribution in [0.5, 0.6) is 0 Å². The van der Waals surface area contributed by atoms with Crippen LogP contribution in [0.3, 0.4) is 0 Å². The van der Waals surface area contributed by atoms with E-state index in [-0.39, 0.29) is 0 Å². The summed E-state index contributed by atoms with van der Waals surface area (Å²) in [5.41, 5.74) is 6.57. The number of aryl methyl sites for hydroxylation is 3. The molecule has 3 aliphatic rings. The van der Waals surface area contributed by atoms with Crippen LogP contribution in [0.4, 0.5) is 0 Å². The molecule has 164 valence electrons. The summed E-state index contributed by atoms with van der Waals surface area (Å²) in [7, 11) is 4.17. The molecule has 0 bridgehead atoms. The predicted octanol–water partition coefficient (Wildman–Crippen LogP) is 6.49. The highest BCUT2D eigenvalue weighted by molar-refractivity contribution is 8.76. The zero-order valence-corrected chi connectivity index (χ0v) is 20.3. The maximum atomic E-state index is 2.54. The standard InChI is InChI=1S/C26H39N2S2/c1-3-11-25-21-27(17-13-23(25)9-1)15-5-7-19-29-30-20-8-6-16-28-18-14-24-10-2-4-12-26(24)22-28/h13-14,17-18,21H,1-12,15-16,19-20,22H2/q+1. The molecule has 2 heterocycles. The highest BCUT2D eigenvalue weighted by atomic mass is 33.1. The van der Waals surface area contributed by atoms with Gasteiger partial charge in [-0.3, -0.25) is 0 Å². The van der Waals surface area contributed by atoms with Crippen molar-refractivity contribution in [2.45, 2.75) is 83.6 Å². The molecule has 0 aromatic carbocycles. The fourth-order valence-electron chi connectivity index (χ4n) is 4.93. The predicted molar refractivity (Wildman–Crippen MR) is 133 cm³/mol. The number of pyridine rings is 1. The molecule has 0 radical (unpaired) electrons. The Morgan fingerprint density at radius 2 is 1.60 bits per heavy atom. The number of fused-ring (bicyclic) bond motifs is 1. The van der Waals surface area contributed by atoms with Gasteiger partial charge < -0.3 is 4.90 Å². The molecule has 4 heteroatoms. The topological polar surface area (TPSA) is 7.12 Å². The van der Waals surface area contributed by atoms with E-state index >= 15 is 0 Å². The molecule has 2 aliphatic carbocycles. The van der Waals surface area contributed by atoms with Crippen LogP contribution >= 0.6 is 21.6 Å². The Morgan fingerprint density at radius 1 is 0.833 bits per heavy atom. The number of nitrogens with zero attached hydrogens (tertiary/aromatic N) is 2. The average molecular weight is 444 g/mol.